The molecule has 1 fully saturated rings. The van der Waals surface area contributed by atoms with Crippen molar-refractivity contribution in [3.8, 4) is 0 Å². The van der Waals surface area contributed by atoms with Crippen LogP contribution in [0.5, 0.6) is 0 Å². The molecule has 1 aromatic carbocycles. The SMILES string of the molecule is CN(C)C1(CNCC(O)c2ccc(F)c(F)c2)CCCC1. The number of halogens is 2. The maximum atomic E-state index is 13.2. The molecule has 0 bridgehead atoms. The van der Waals surface area contributed by atoms with Crippen molar-refractivity contribution in [2.75, 3.05) is 27.2 Å². The lowest BCUT2D eigenvalue weighted by molar-refractivity contribution is 0.133. The second-order valence-corrected chi connectivity index (χ2v) is 6.15. The highest BCUT2D eigenvalue weighted by Gasteiger charge is 2.35. The zero-order chi connectivity index (χ0) is 15.5. The van der Waals surface area contributed by atoms with E-state index >= 15 is 0 Å². The molecule has 118 valence electrons. The van der Waals surface area contributed by atoms with Crippen LogP contribution in [0.1, 0.15) is 37.4 Å². The minimum Gasteiger partial charge on any atom is -0.387 e. The lowest BCUT2D eigenvalue weighted by Gasteiger charge is -2.37. The maximum Gasteiger partial charge on any atom is 0.159 e. The Balaban J connectivity index is 1.89. The molecular formula is C16H24F2N2O. The number of hydrogen-bond donors (Lipinski definition) is 2. The number of nitrogens with zero attached hydrogens (tertiary/aromatic N) is 1. The molecule has 2 rings (SSSR count). The highest BCUT2D eigenvalue weighted by atomic mass is 19.2. The summed E-state index contributed by atoms with van der Waals surface area (Å²) in [5.74, 6) is -1.82. The molecule has 21 heavy (non-hydrogen) atoms. The highest BCUT2D eigenvalue weighted by Crippen LogP contribution is 2.33. The fraction of sp³-hybridized carbons (Fsp3) is 0.625. The van der Waals surface area contributed by atoms with Gasteiger partial charge in [0.15, 0.2) is 11.6 Å². The van der Waals surface area contributed by atoms with E-state index in [0.29, 0.717) is 12.1 Å². The van der Waals surface area contributed by atoms with Crippen LogP contribution < -0.4 is 5.32 Å². The van der Waals surface area contributed by atoms with Gasteiger partial charge in [0.1, 0.15) is 0 Å². The van der Waals surface area contributed by atoms with Gasteiger partial charge in [-0.25, -0.2) is 8.78 Å². The largest absolute Gasteiger partial charge is 0.387 e. The first-order valence-electron chi connectivity index (χ1n) is 7.46. The minimum absolute atomic E-state index is 0.147. The molecule has 1 aliphatic rings. The van der Waals surface area contributed by atoms with E-state index in [-0.39, 0.29) is 5.54 Å². The van der Waals surface area contributed by atoms with Crippen LogP contribution in [-0.2, 0) is 0 Å². The Morgan fingerprint density at radius 2 is 1.90 bits per heavy atom. The molecule has 1 atom stereocenters. The molecule has 0 saturated heterocycles. The highest BCUT2D eigenvalue weighted by molar-refractivity contribution is 5.20. The number of likely N-dealkylation sites (N-methyl/N-ethyl adjacent to an activating group) is 1. The Kier molecular flexibility index (Phi) is 5.30. The van der Waals surface area contributed by atoms with Crippen molar-refractivity contribution in [2.24, 2.45) is 0 Å². The zero-order valence-electron chi connectivity index (χ0n) is 12.7. The number of aliphatic hydroxyl groups excluding tert-OH is 1. The van der Waals surface area contributed by atoms with Gasteiger partial charge in [-0.1, -0.05) is 18.9 Å². The van der Waals surface area contributed by atoms with E-state index in [2.05, 4.69) is 24.3 Å². The lowest BCUT2D eigenvalue weighted by Crippen LogP contribution is -2.50. The topological polar surface area (TPSA) is 35.5 Å². The Morgan fingerprint density at radius 1 is 1.24 bits per heavy atom. The fourth-order valence-electron chi connectivity index (χ4n) is 3.09. The average Bonchev–Trinajstić information content (AvgIpc) is 2.92. The van der Waals surface area contributed by atoms with Gasteiger partial charge in [0.2, 0.25) is 0 Å². The molecule has 0 heterocycles. The van der Waals surface area contributed by atoms with Gasteiger partial charge in [0.25, 0.3) is 0 Å². The molecule has 1 aliphatic carbocycles. The third-order valence-corrected chi connectivity index (χ3v) is 4.60. The van der Waals surface area contributed by atoms with E-state index in [4.69, 9.17) is 0 Å². The first-order valence-corrected chi connectivity index (χ1v) is 7.46. The smallest absolute Gasteiger partial charge is 0.159 e. The van der Waals surface area contributed by atoms with Crippen LogP contribution in [0.25, 0.3) is 0 Å². The first kappa shape index (κ1) is 16.3. The summed E-state index contributed by atoms with van der Waals surface area (Å²) in [6, 6.07) is 3.52. The van der Waals surface area contributed by atoms with E-state index in [9.17, 15) is 13.9 Å². The quantitative estimate of drug-likeness (QED) is 0.847. The van der Waals surface area contributed by atoms with Crippen molar-refractivity contribution in [3.05, 3.63) is 35.4 Å². The van der Waals surface area contributed by atoms with Crippen molar-refractivity contribution in [1.29, 1.82) is 0 Å². The third kappa shape index (κ3) is 3.78. The predicted molar refractivity (Wildman–Crippen MR) is 79.1 cm³/mol. The average molecular weight is 298 g/mol. The summed E-state index contributed by atoms with van der Waals surface area (Å²) in [4.78, 5) is 2.25. The van der Waals surface area contributed by atoms with Gasteiger partial charge in [0.05, 0.1) is 6.10 Å². The normalized spacial score (nSPS) is 19.1. The van der Waals surface area contributed by atoms with E-state index in [1.807, 2.05) is 0 Å². The van der Waals surface area contributed by atoms with Gasteiger partial charge in [0, 0.05) is 18.6 Å². The Labute approximate surface area is 125 Å². The Bertz CT molecular complexity index is 473. The second kappa shape index (κ2) is 6.81. The van der Waals surface area contributed by atoms with Gasteiger partial charge in [-0.05, 0) is 44.6 Å². The molecular weight excluding hydrogens is 274 g/mol. The van der Waals surface area contributed by atoms with Gasteiger partial charge >= 0.3 is 0 Å². The van der Waals surface area contributed by atoms with Crippen molar-refractivity contribution < 1.29 is 13.9 Å². The zero-order valence-corrected chi connectivity index (χ0v) is 12.7. The molecule has 1 aromatic rings. The summed E-state index contributed by atoms with van der Waals surface area (Å²) >= 11 is 0. The summed E-state index contributed by atoms with van der Waals surface area (Å²) < 4.78 is 26.0. The van der Waals surface area contributed by atoms with Crippen LogP contribution in [0.3, 0.4) is 0 Å². The number of rotatable bonds is 6. The van der Waals surface area contributed by atoms with Gasteiger partial charge in [-0.15, -0.1) is 0 Å². The van der Waals surface area contributed by atoms with Crippen LogP contribution in [0.2, 0.25) is 0 Å². The lowest BCUT2D eigenvalue weighted by atomic mass is 9.96. The predicted octanol–water partition coefficient (Wildman–Crippen LogP) is 2.46. The van der Waals surface area contributed by atoms with E-state index in [0.717, 1.165) is 31.5 Å². The summed E-state index contributed by atoms with van der Waals surface area (Å²) in [6.07, 6.45) is 3.92. The molecule has 0 radical (unpaired) electrons. The monoisotopic (exact) mass is 298 g/mol. The fourth-order valence-corrected chi connectivity index (χ4v) is 3.09. The number of aliphatic hydroxyl groups is 1. The van der Waals surface area contributed by atoms with Crippen LogP contribution in [0, 0.1) is 11.6 Å². The first-order chi connectivity index (χ1) is 9.94. The Morgan fingerprint density at radius 3 is 2.48 bits per heavy atom. The van der Waals surface area contributed by atoms with Crippen molar-refractivity contribution in [1.82, 2.24) is 10.2 Å². The minimum atomic E-state index is -0.924. The van der Waals surface area contributed by atoms with Crippen LogP contribution in [0.15, 0.2) is 18.2 Å². The maximum absolute atomic E-state index is 13.2. The summed E-state index contributed by atoms with van der Waals surface area (Å²) in [7, 11) is 4.16. The molecule has 0 amide bonds. The van der Waals surface area contributed by atoms with Crippen molar-refractivity contribution in [3.63, 3.8) is 0 Å². The number of nitrogens with one attached hydrogen (secondary N) is 1. The molecule has 5 heteroatoms. The molecule has 0 aliphatic heterocycles. The Hall–Kier alpha value is -1.04. The standard InChI is InChI=1S/C16H24F2N2O/c1-20(2)16(7-3-4-8-16)11-19-10-15(21)12-5-6-13(17)14(18)9-12/h5-6,9,15,19,21H,3-4,7-8,10-11H2,1-2H3. The molecule has 0 aromatic heterocycles. The van der Waals surface area contributed by atoms with E-state index in [1.54, 1.807) is 0 Å². The van der Waals surface area contributed by atoms with Crippen LogP contribution in [0.4, 0.5) is 8.78 Å². The summed E-state index contributed by atoms with van der Waals surface area (Å²) in [5, 5.41) is 13.3. The molecule has 1 saturated carbocycles. The third-order valence-electron chi connectivity index (χ3n) is 4.60. The van der Waals surface area contributed by atoms with E-state index < -0.39 is 17.7 Å². The summed E-state index contributed by atoms with van der Waals surface area (Å²) in [6.45, 7) is 1.13. The van der Waals surface area contributed by atoms with Gasteiger partial charge < -0.3 is 15.3 Å². The van der Waals surface area contributed by atoms with Crippen molar-refractivity contribution >= 4 is 0 Å². The van der Waals surface area contributed by atoms with Crippen molar-refractivity contribution in [2.45, 2.75) is 37.3 Å². The van der Waals surface area contributed by atoms with Gasteiger partial charge in [-0.3, -0.25) is 0 Å². The summed E-state index contributed by atoms with van der Waals surface area (Å²) in [5.41, 5.74) is 0.542. The number of hydrogen-bond acceptors (Lipinski definition) is 3. The second-order valence-electron chi connectivity index (χ2n) is 6.15. The molecule has 0 spiro atoms. The molecule has 3 nitrogen and oxygen atoms in total. The molecule has 2 N–H and O–H groups in total. The van der Waals surface area contributed by atoms with Gasteiger partial charge in [-0.2, -0.15) is 0 Å². The van der Waals surface area contributed by atoms with E-state index in [1.165, 1.54) is 18.9 Å². The van der Waals surface area contributed by atoms with Crippen LogP contribution in [-0.4, -0.2) is 42.7 Å². The van der Waals surface area contributed by atoms with Crippen LogP contribution >= 0.6 is 0 Å². The molecule has 1 unspecified atom stereocenters. The number of benzene rings is 1.